The minimum atomic E-state index is -2.54. The second-order valence-electron chi connectivity index (χ2n) is 7.85. The van der Waals surface area contributed by atoms with Gasteiger partial charge in [-0.15, -0.1) is 11.3 Å². The number of nitrogens with one attached hydrogen (secondary N) is 1. The number of hydrogen-bond donors (Lipinski definition) is 1. The largest absolute Gasteiger partial charge is 0.375 e. The van der Waals surface area contributed by atoms with Crippen LogP contribution in [0.1, 0.15) is 44.7 Å². The van der Waals surface area contributed by atoms with Crippen molar-refractivity contribution in [1.82, 2.24) is 15.0 Å². The van der Waals surface area contributed by atoms with Gasteiger partial charge in [0.05, 0.1) is 12.7 Å². The Labute approximate surface area is 173 Å². The summed E-state index contributed by atoms with van der Waals surface area (Å²) in [5.41, 5.74) is 0.931. The quantitative estimate of drug-likeness (QED) is 0.763. The number of rotatable bonds is 5. The summed E-state index contributed by atoms with van der Waals surface area (Å²) >= 11 is 1.51. The molecule has 1 N–H and O–H groups in total. The maximum Gasteiger partial charge on any atom is 0.248 e. The first kappa shape index (κ1) is 20.4. The van der Waals surface area contributed by atoms with Crippen LogP contribution in [0.4, 0.5) is 20.4 Å². The smallest absolute Gasteiger partial charge is 0.248 e. The van der Waals surface area contributed by atoms with Gasteiger partial charge >= 0.3 is 0 Å². The Morgan fingerprint density at radius 3 is 2.76 bits per heavy atom. The van der Waals surface area contributed by atoms with Crippen LogP contribution >= 0.6 is 11.3 Å². The molecule has 2 aromatic rings. The van der Waals surface area contributed by atoms with Gasteiger partial charge < -0.3 is 15.0 Å². The molecule has 2 aromatic heterocycles. The minimum Gasteiger partial charge on any atom is -0.375 e. The van der Waals surface area contributed by atoms with E-state index in [4.69, 9.17) is 9.72 Å². The molecule has 0 bridgehead atoms. The molecule has 1 aliphatic carbocycles. The van der Waals surface area contributed by atoms with Crippen molar-refractivity contribution < 1.29 is 13.5 Å². The summed E-state index contributed by atoms with van der Waals surface area (Å²) < 4.78 is 32.8. The first-order chi connectivity index (χ1) is 13.9. The van der Waals surface area contributed by atoms with E-state index < -0.39 is 5.92 Å². The average molecular weight is 424 g/mol. The topological polar surface area (TPSA) is 63.2 Å². The first-order valence-electron chi connectivity index (χ1n) is 10.2. The predicted molar refractivity (Wildman–Crippen MR) is 111 cm³/mol. The lowest BCUT2D eigenvalue weighted by Crippen LogP contribution is -2.42. The third-order valence-corrected chi connectivity index (χ3v) is 6.47. The van der Waals surface area contributed by atoms with Crippen molar-refractivity contribution in [3.05, 3.63) is 17.1 Å². The molecule has 29 heavy (non-hydrogen) atoms. The SMILES string of the molecule is CCC1CN(c2cc(NC3CCC(F)(F)CC3)nc(-c3nc(C)cs3)n2)CCO1. The number of morpholine rings is 1. The highest BCUT2D eigenvalue weighted by Crippen LogP contribution is 2.35. The standard InChI is InChI=1S/C20H27F2N5OS/c1-3-15-11-27(8-9-28-15)17-10-16(24-14-4-6-20(21,22)7-5-14)25-18(26-17)19-23-13(2)12-29-19/h10,12,14-15H,3-9,11H2,1-2H3,(H,24,25,26). The lowest BCUT2D eigenvalue weighted by Gasteiger charge is -2.34. The van der Waals surface area contributed by atoms with E-state index in [1.807, 2.05) is 18.4 Å². The Bertz CT molecular complexity index is 836. The number of hydrogen-bond acceptors (Lipinski definition) is 7. The molecule has 3 heterocycles. The number of nitrogens with zero attached hydrogens (tertiary/aromatic N) is 4. The van der Waals surface area contributed by atoms with E-state index in [9.17, 15) is 8.78 Å². The third kappa shape index (κ3) is 5.01. The van der Waals surface area contributed by atoms with E-state index in [2.05, 4.69) is 27.1 Å². The van der Waals surface area contributed by atoms with Crippen LogP contribution in [0, 0.1) is 6.92 Å². The molecular weight excluding hydrogens is 396 g/mol. The summed E-state index contributed by atoms with van der Waals surface area (Å²) in [6, 6.07) is 1.92. The molecule has 0 spiro atoms. The Balaban J connectivity index is 1.60. The molecule has 158 valence electrons. The molecule has 6 nitrogen and oxygen atoms in total. The van der Waals surface area contributed by atoms with Crippen molar-refractivity contribution >= 4 is 23.0 Å². The Kier molecular flexibility index (Phi) is 5.96. The fourth-order valence-electron chi connectivity index (χ4n) is 3.79. The van der Waals surface area contributed by atoms with Crippen LogP contribution in [0.5, 0.6) is 0 Å². The minimum absolute atomic E-state index is 0.00339. The number of halogens is 2. The summed E-state index contributed by atoms with van der Waals surface area (Å²) in [5.74, 6) is -0.466. The van der Waals surface area contributed by atoms with E-state index in [1.54, 1.807) is 0 Å². The predicted octanol–water partition coefficient (Wildman–Crippen LogP) is 4.51. The molecule has 0 amide bonds. The van der Waals surface area contributed by atoms with Gasteiger partial charge in [0.15, 0.2) is 10.8 Å². The summed E-state index contributed by atoms with van der Waals surface area (Å²) in [7, 11) is 0. The second-order valence-corrected chi connectivity index (χ2v) is 8.71. The molecule has 1 saturated heterocycles. The van der Waals surface area contributed by atoms with Gasteiger partial charge in [0, 0.05) is 49.1 Å². The van der Waals surface area contributed by atoms with Crippen molar-refractivity contribution in [2.24, 2.45) is 0 Å². The molecule has 0 aromatic carbocycles. The van der Waals surface area contributed by atoms with Crippen molar-refractivity contribution in [3.63, 3.8) is 0 Å². The molecule has 1 saturated carbocycles. The van der Waals surface area contributed by atoms with Gasteiger partial charge in [0.2, 0.25) is 5.92 Å². The van der Waals surface area contributed by atoms with Crippen molar-refractivity contribution in [2.75, 3.05) is 29.9 Å². The van der Waals surface area contributed by atoms with Crippen LogP contribution in [0.15, 0.2) is 11.4 Å². The highest BCUT2D eigenvalue weighted by atomic mass is 32.1. The van der Waals surface area contributed by atoms with E-state index in [0.717, 1.165) is 36.0 Å². The van der Waals surface area contributed by atoms with E-state index >= 15 is 0 Å². The summed E-state index contributed by atoms with van der Waals surface area (Å²) in [4.78, 5) is 16.2. The molecule has 4 rings (SSSR count). The lowest BCUT2D eigenvalue weighted by atomic mass is 9.92. The first-order valence-corrected chi connectivity index (χ1v) is 11.1. The molecule has 2 aliphatic rings. The van der Waals surface area contributed by atoms with Gasteiger partial charge in [0.1, 0.15) is 11.6 Å². The molecular formula is C20H27F2N5OS. The number of anilines is 2. The molecule has 1 aliphatic heterocycles. The zero-order valence-corrected chi connectivity index (χ0v) is 17.6. The van der Waals surface area contributed by atoms with Gasteiger partial charge in [-0.3, -0.25) is 0 Å². The molecule has 1 unspecified atom stereocenters. The fourth-order valence-corrected chi connectivity index (χ4v) is 4.52. The number of ether oxygens (including phenoxy) is 1. The maximum absolute atomic E-state index is 13.5. The number of aryl methyl sites for hydroxylation is 1. The highest BCUT2D eigenvalue weighted by molar-refractivity contribution is 7.13. The van der Waals surface area contributed by atoms with Crippen molar-refractivity contribution in [3.8, 4) is 10.8 Å². The van der Waals surface area contributed by atoms with Crippen molar-refractivity contribution in [2.45, 2.75) is 64.0 Å². The maximum atomic E-state index is 13.5. The molecule has 1 atom stereocenters. The molecule has 0 radical (unpaired) electrons. The summed E-state index contributed by atoms with van der Waals surface area (Å²) in [6.45, 7) is 6.26. The normalized spacial score (nSPS) is 22.6. The van der Waals surface area contributed by atoms with Crippen LogP contribution in [0.25, 0.3) is 10.8 Å². The van der Waals surface area contributed by atoms with Gasteiger partial charge in [-0.1, -0.05) is 6.92 Å². The number of aromatic nitrogens is 3. The monoisotopic (exact) mass is 423 g/mol. The van der Waals surface area contributed by atoms with Gasteiger partial charge in [0.25, 0.3) is 0 Å². The second kappa shape index (κ2) is 8.47. The Hall–Kier alpha value is -1.87. The highest BCUT2D eigenvalue weighted by Gasteiger charge is 2.35. The van der Waals surface area contributed by atoms with E-state index in [-0.39, 0.29) is 25.0 Å². The van der Waals surface area contributed by atoms with Gasteiger partial charge in [-0.25, -0.2) is 23.7 Å². The Morgan fingerprint density at radius 2 is 2.07 bits per heavy atom. The third-order valence-electron chi connectivity index (χ3n) is 5.51. The van der Waals surface area contributed by atoms with E-state index in [0.29, 0.717) is 31.1 Å². The Morgan fingerprint density at radius 1 is 1.28 bits per heavy atom. The van der Waals surface area contributed by atoms with Gasteiger partial charge in [-0.05, 0) is 26.2 Å². The van der Waals surface area contributed by atoms with Crippen LogP contribution in [0.3, 0.4) is 0 Å². The van der Waals surface area contributed by atoms with Crippen LogP contribution < -0.4 is 10.2 Å². The van der Waals surface area contributed by atoms with Crippen molar-refractivity contribution in [1.29, 1.82) is 0 Å². The number of alkyl halides is 2. The average Bonchev–Trinajstić information content (AvgIpc) is 3.16. The van der Waals surface area contributed by atoms with Crippen LogP contribution in [-0.2, 0) is 4.74 Å². The van der Waals surface area contributed by atoms with E-state index in [1.165, 1.54) is 11.3 Å². The van der Waals surface area contributed by atoms with Gasteiger partial charge in [-0.2, -0.15) is 0 Å². The molecule has 2 fully saturated rings. The fraction of sp³-hybridized carbons (Fsp3) is 0.650. The summed E-state index contributed by atoms with van der Waals surface area (Å²) in [6.07, 6.45) is 1.84. The van der Waals surface area contributed by atoms with Crippen LogP contribution in [-0.4, -0.2) is 52.7 Å². The lowest BCUT2D eigenvalue weighted by molar-refractivity contribution is -0.0361. The zero-order chi connectivity index (χ0) is 20.4. The van der Waals surface area contributed by atoms with Crippen LogP contribution in [0.2, 0.25) is 0 Å². The molecule has 9 heteroatoms. The number of thiazole rings is 1. The zero-order valence-electron chi connectivity index (χ0n) is 16.8. The summed E-state index contributed by atoms with van der Waals surface area (Å²) in [5, 5.41) is 6.12.